The lowest BCUT2D eigenvalue weighted by molar-refractivity contribution is -0.245. The molecule has 1 aliphatic rings. The van der Waals surface area contributed by atoms with Crippen molar-refractivity contribution in [2.75, 3.05) is 11.1 Å². The number of carbonyl (C=O) groups is 1. The molecule has 1 amide bonds. The van der Waals surface area contributed by atoms with Gasteiger partial charge in [-0.15, -0.1) is 0 Å². The van der Waals surface area contributed by atoms with Crippen LogP contribution in [0, 0.1) is 29.1 Å². The van der Waals surface area contributed by atoms with Gasteiger partial charge in [0.25, 0.3) is 11.1 Å². The lowest BCUT2D eigenvalue weighted by Gasteiger charge is -2.36. The number of hydrogen-bond donors (Lipinski definition) is 2. The molecule has 1 aliphatic heterocycles. The van der Waals surface area contributed by atoms with Crippen molar-refractivity contribution in [2.24, 2.45) is 0 Å². The first kappa shape index (κ1) is 36.0. The summed E-state index contributed by atoms with van der Waals surface area (Å²) >= 11 is 1.36. The highest BCUT2D eigenvalue weighted by Crippen LogP contribution is 2.41. The number of nitrogens with one attached hydrogen (secondary N) is 1. The Morgan fingerprint density at radius 1 is 0.755 bits per heavy atom. The van der Waals surface area contributed by atoms with Crippen LogP contribution in [0.15, 0.2) is 119 Å². The van der Waals surface area contributed by atoms with Crippen molar-refractivity contribution in [3.8, 4) is 22.6 Å². The fourth-order valence-electron chi connectivity index (χ4n) is 5.89. The van der Waals surface area contributed by atoms with E-state index in [-0.39, 0.29) is 12.3 Å². The molecule has 53 heavy (non-hydrogen) atoms. The number of ether oxygens (including phenoxy) is 2. The average molecular weight is 745 g/mol. The van der Waals surface area contributed by atoms with E-state index in [4.69, 9.17) is 18.9 Å². The smallest absolute Gasteiger partial charge is 0.261 e. The molecule has 0 saturated carbocycles. The molecule has 0 spiro atoms. The maximum Gasteiger partial charge on any atom is 0.261 e. The summed E-state index contributed by atoms with van der Waals surface area (Å²) in [4.78, 5) is 17.6. The Hall–Kier alpha value is -5.34. The Bertz CT molecular complexity index is 2150. The molecule has 270 valence electrons. The van der Waals surface area contributed by atoms with E-state index >= 15 is 0 Å². The minimum atomic E-state index is -2.37. The number of anilines is 1. The molecular weight excluding hydrogens is 716 g/mol. The van der Waals surface area contributed by atoms with Gasteiger partial charge in [-0.25, -0.2) is 26.9 Å². The number of rotatable bonds is 10. The van der Waals surface area contributed by atoms with Gasteiger partial charge in [0.1, 0.15) is 11.3 Å². The highest BCUT2D eigenvalue weighted by atomic mass is 32.2. The molecule has 2 N–H and O–H groups in total. The van der Waals surface area contributed by atoms with Gasteiger partial charge in [0.2, 0.25) is 5.82 Å². The maximum atomic E-state index is 14.4. The molecule has 0 aliphatic carbocycles. The van der Waals surface area contributed by atoms with Gasteiger partial charge in [-0.3, -0.25) is 4.79 Å². The molecule has 0 unspecified atom stereocenters. The number of benzene rings is 5. The molecule has 5 aromatic carbocycles. The number of thioether (sulfide) groups is 1. The fraction of sp³-hybridized carbons (Fsp3) is 0.150. The quantitative estimate of drug-likeness (QED) is 0.0625. The Morgan fingerprint density at radius 2 is 1.40 bits per heavy atom. The summed E-state index contributed by atoms with van der Waals surface area (Å²) in [5, 5.41) is 12.2. The van der Waals surface area contributed by atoms with E-state index in [9.17, 15) is 31.9 Å². The van der Waals surface area contributed by atoms with Gasteiger partial charge in [0.15, 0.2) is 35.3 Å². The van der Waals surface area contributed by atoms with Gasteiger partial charge in [0.05, 0.1) is 18.8 Å². The highest BCUT2D eigenvalue weighted by Gasteiger charge is 2.34. The van der Waals surface area contributed by atoms with Crippen molar-refractivity contribution in [2.45, 2.75) is 36.7 Å². The van der Waals surface area contributed by atoms with Crippen molar-refractivity contribution >= 4 is 23.4 Å². The third kappa shape index (κ3) is 7.74. The second kappa shape index (κ2) is 15.7. The van der Waals surface area contributed by atoms with Crippen LogP contribution in [-0.4, -0.2) is 27.9 Å². The highest BCUT2D eigenvalue weighted by molar-refractivity contribution is 7.99. The van der Waals surface area contributed by atoms with Gasteiger partial charge >= 0.3 is 0 Å². The van der Waals surface area contributed by atoms with Crippen LogP contribution in [0.5, 0.6) is 0 Å². The number of nitrogens with zero attached hydrogens (tertiary/aromatic N) is 1. The minimum absolute atomic E-state index is 0.00865. The van der Waals surface area contributed by atoms with Crippen LogP contribution >= 0.6 is 11.8 Å². The lowest BCUT2D eigenvalue weighted by atomic mass is 10.0. The third-order valence-electron chi connectivity index (χ3n) is 8.55. The van der Waals surface area contributed by atoms with Crippen molar-refractivity contribution in [3.05, 3.63) is 161 Å². The second-order valence-corrected chi connectivity index (χ2v) is 13.0. The zero-order valence-corrected chi connectivity index (χ0v) is 28.4. The molecule has 13 heteroatoms. The van der Waals surface area contributed by atoms with Crippen LogP contribution in [0.4, 0.5) is 27.6 Å². The summed E-state index contributed by atoms with van der Waals surface area (Å²) in [5.74, 6) is -11.8. The number of halogens is 5. The first-order valence-corrected chi connectivity index (χ1v) is 17.4. The van der Waals surface area contributed by atoms with Crippen LogP contribution in [0.25, 0.3) is 22.6 Å². The number of aliphatic hydroxyl groups is 1. The van der Waals surface area contributed by atoms with Crippen molar-refractivity contribution in [1.82, 2.24) is 4.98 Å². The van der Waals surface area contributed by atoms with E-state index in [2.05, 4.69) is 5.32 Å². The monoisotopic (exact) mass is 744 g/mol. The molecule has 0 radical (unpaired) electrons. The average Bonchev–Trinajstić information content (AvgIpc) is 3.64. The predicted octanol–water partition coefficient (Wildman–Crippen LogP) is 9.79. The van der Waals surface area contributed by atoms with E-state index in [0.717, 1.165) is 16.7 Å². The maximum absolute atomic E-state index is 14.4. The number of carbonyl (C=O) groups excluding carboxylic acids is 1. The van der Waals surface area contributed by atoms with Gasteiger partial charge in [-0.05, 0) is 23.3 Å². The third-order valence-corrected chi connectivity index (χ3v) is 9.51. The Morgan fingerprint density at radius 3 is 2.06 bits per heavy atom. The summed E-state index contributed by atoms with van der Waals surface area (Å²) < 4.78 is 89.0. The molecule has 1 fully saturated rings. The van der Waals surface area contributed by atoms with Crippen LogP contribution in [0.3, 0.4) is 0 Å². The normalized spacial score (nSPS) is 17.1. The van der Waals surface area contributed by atoms with Gasteiger partial charge in [-0.2, -0.15) is 0 Å². The summed E-state index contributed by atoms with van der Waals surface area (Å²) in [6, 6.07) is 32.5. The summed E-state index contributed by atoms with van der Waals surface area (Å²) in [6.45, 7) is -0.133. The first-order valence-electron chi connectivity index (χ1n) is 16.4. The Kier molecular flexibility index (Phi) is 10.7. The van der Waals surface area contributed by atoms with Gasteiger partial charge in [-0.1, -0.05) is 109 Å². The molecular formula is C40H29F5N2O5S. The number of oxazole rings is 1. The first-order chi connectivity index (χ1) is 25.7. The van der Waals surface area contributed by atoms with Crippen LogP contribution in [0.1, 0.15) is 45.9 Å². The van der Waals surface area contributed by atoms with Crippen LogP contribution < -0.4 is 5.32 Å². The van der Waals surface area contributed by atoms with E-state index in [1.807, 2.05) is 72.8 Å². The van der Waals surface area contributed by atoms with E-state index < -0.39 is 59.1 Å². The molecule has 0 bridgehead atoms. The van der Waals surface area contributed by atoms with Crippen molar-refractivity contribution in [3.63, 3.8) is 0 Å². The zero-order chi connectivity index (χ0) is 37.1. The standard InChI is InChI=1S/C40H29F5N2O5S/c41-31-30(32(42)34(44)35(45)33(31)43)38(49)46-27-13-7-12-26(18-27)39-50-28(19-29(51-39)23-16-14-22(20-48)15-17-23)21-53-40-47-36(24-8-3-1-4-9-24)37(52-40)25-10-5-2-6-11-25/h1-18,28-29,39,48H,19-21H2,(H,46,49)/t28-,29+,39+/m1/s1. The van der Waals surface area contributed by atoms with E-state index in [1.54, 1.807) is 18.2 Å². The van der Waals surface area contributed by atoms with Crippen molar-refractivity contribution < 1.29 is 45.7 Å². The number of aromatic nitrogens is 1. The molecule has 3 atom stereocenters. The molecule has 1 saturated heterocycles. The molecule has 7 rings (SSSR count). The lowest BCUT2D eigenvalue weighted by Crippen LogP contribution is -2.31. The van der Waals surface area contributed by atoms with E-state index in [1.165, 1.54) is 30.0 Å². The molecule has 2 heterocycles. The Balaban J connectivity index is 1.14. The number of hydrogen-bond acceptors (Lipinski definition) is 7. The summed E-state index contributed by atoms with van der Waals surface area (Å²) in [5.41, 5.74) is 2.76. The minimum Gasteiger partial charge on any atom is -0.431 e. The van der Waals surface area contributed by atoms with Crippen LogP contribution in [0.2, 0.25) is 0 Å². The Labute approximate surface area is 304 Å². The van der Waals surface area contributed by atoms with Crippen LogP contribution in [-0.2, 0) is 16.1 Å². The topological polar surface area (TPSA) is 93.8 Å². The largest absolute Gasteiger partial charge is 0.431 e. The SMILES string of the molecule is O=C(Nc1cccc([C@H]2O[C@@H](CSc3nc(-c4ccccc4)c(-c4ccccc4)o3)C[C@@H](c3ccc(CO)cc3)O2)c1)c1c(F)c(F)c(F)c(F)c1F. The van der Waals surface area contributed by atoms with Crippen molar-refractivity contribution in [1.29, 1.82) is 0 Å². The van der Waals surface area contributed by atoms with Gasteiger partial charge < -0.3 is 24.3 Å². The number of aliphatic hydroxyl groups excluding tert-OH is 1. The zero-order valence-electron chi connectivity index (χ0n) is 27.6. The fourth-order valence-corrected chi connectivity index (χ4v) is 6.73. The molecule has 1 aromatic heterocycles. The predicted molar refractivity (Wildman–Crippen MR) is 187 cm³/mol. The van der Waals surface area contributed by atoms with Gasteiger partial charge in [0, 0.05) is 34.6 Å². The second-order valence-electron chi connectivity index (χ2n) is 12.1. The summed E-state index contributed by atoms with van der Waals surface area (Å²) in [6.07, 6.45) is -1.49. The number of amides is 1. The summed E-state index contributed by atoms with van der Waals surface area (Å²) in [7, 11) is 0. The van der Waals surface area contributed by atoms with E-state index in [0.29, 0.717) is 40.0 Å². The molecule has 6 aromatic rings. The molecule has 7 nitrogen and oxygen atoms in total.